The van der Waals surface area contributed by atoms with Crippen LogP contribution in [-0.2, 0) is 6.54 Å². The van der Waals surface area contributed by atoms with E-state index >= 15 is 0 Å². The smallest absolute Gasteiger partial charge is 0.258 e. The molecule has 2 heterocycles. The lowest BCUT2D eigenvalue weighted by atomic mass is 9.84. The molecule has 3 rings (SSSR count). The van der Waals surface area contributed by atoms with Crippen LogP contribution in [0.15, 0.2) is 51.1 Å². The second-order valence-corrected chi connectivity index (χ2v) is 6.41. The Morgan fingerprint density at radius 2 is 2.12 bits per heavy atom. The number of nitriles is 1. The lowest BCUT2D eigenvalue weighted by Gasteiger charge is -2.27. The van der Waals surface area contributed by atoms with E-state index in [1.54, 1.807) is 10.6 Å². The van der Waals surface area contributed by atoms with Crippen molar-refractivity contribution in [3.8, 4) is 11.8 Å². The number of hydrogen-bond donors (Lipinski definition) is 1. The second kappa shape index (κ2) is 6.17. The van der Waals surface area contributed by atoms with Crippen LogP contribution in [0.4, 0.5) is 0 Å². The number of ether oxygens (including phenoxy) is 1. The molecule has 1 aromatic carbocycles. The van der Waals surface area contributed by atoms with E-state index in [0.29, 0.717) is 17.9 Å². The molecule has 122 valence electrons. The minimum Gasteiger partial charge on any atom is -0.440 e. The van der Waals surface area contributed by atoms with Gasteiger partial charge in [-0.2, -0.15) is 5.26 Å². The molecule has 1 aliphatic heterocycles. The molecule has 0 aliphatic carbocycles. The first-order chi connectivity index (χ1) is 11.5. The summed E-state index contributed by atoms with van der Waals surface area (Å²) in [6.45, 7) is 4.30. The van der Waals surface area contributed by atoms with Gasteiger partial charge in [-0.05, 0) is 25.5 Å². The van der Waals surface area contributed by atoms with Gasteiger partial charge in [0.2, 0.25) is 5.88 Å². The second-order valence-electron chi connectivity index (χ2n) is 5.56. The van der Waals surface area contributed by atoms with Gasteiger partial charge in [-0.25, -0.2) is 0 Å². The maximum atomic E-state index is 13.0. The number of allylic oxidation sites excluding steroid dienone is 1. The molecule has 0 amide bonds. The molecule has 0 radical (unpaired) electrons. The van der Waals surface area contributed by atoms with Crippen LogP contribution in [0.25, 0.3) is 0 Å². The third-order valence-corrected chi connectivity index (χ3v) is 4.94. The number of benzene rings is 1. The number of aryl methyl sites for hydroxylation is 1. The molecular formula is C18H16BrN3O2. The van der Waals surface area contributed by atoms with Gasteiger partial charge >= 0.3 is 0 Å². The van der Waals surface area contributed by atoms with Crippen LogP contribution in [-0.4, -0.2) is 4.57 Å². The van der Waals surface area contributed by atoms with Crippen LogP contribution in [0.5, 0.6) is 5.75 Å². The van der Waals surface area contributed by atoms with Crippen LogP contribution < -0.4 is 16.0 Å². The predicted octanol–water partition coefficient (Wildman–Crippen LogP) is 3.16. The summed E-state index contributed by atoms with van der Waals surface area (Å²) in [4.78, 5) is 13.0. The van der Waals surface area contributed by atoms with E-state index in [1.165, 1.54) is 0 Å². The first-order valence-corrected chi connectivity index (χ1v) is 8.35. The van der Waals surface area contributed by atoms with Gasteiger partial charge in [0.05, 0.1) is 11.5 Å². The van der Waals surface area contributed by atoms with Crippen LogP contribution in [0, 0.1) is 18.3 Å². The lowest BCUT2D eigenvalue weighted by molar-refractivity contribution is 0.388. The van der Waals surface area contributed by atoms with E-state index in [-0.39, 0.29) is 17.0 Å². The summed E-state index contributed by atoms with van der Waals surface area (Å²) in [6.07, 6.45) is 0. The third kappa shape index (κ3) is 2.42. The molecule has 0 spiro atoms. The molecule has 6 heteroatoms. The molecule has 1 aromatic heterocycles. The van der Waals surface area contributed by atoms with Gasteiger partial charge in [0, 0.05) is 22.8 Å². The van der Waals surface area contributed by atoms with Crippen LogP contribution in [0.1, 0.15) is 29.7 Å². The Hall–Kier alpha value is -2.52. The average Bonchev–Trinajstić information content (AvgIpc) is 2.54. The van der Waals surface area contributed by atoms with Crippen molar-refractivity contribution in [2.75, 3.05) is 0 Å². The molecule has 24 heavy (non-hydrogen) atoms. The Balaban J connectivity index is 2.39. The van der Waals surface area contributed by atoms with E-state index < -0.39 is 5.92 Å². The van der Waals surface area contributed by atoms with Crippen molar-refractivity contribution < 1.29 is 4.74 Å². The number of pyridine rings is 1. The first kappa shape index (κ1) is 16.3. The Labute approximate surface area is 148 Å². The Morgan fingerprint density at radius 3 is 2.75 bits per heavy atom. The average molecular weight is 386 g/mol. The molecule has 0 unspecified atom stereocenters. The van der Waals surface area contributed by atoms with Gasteiger partial charge < -0.3 is 15.0 Å². The SMILES string of the molecule is CCn1c(C)cc2c(c1=O)[C@@H](c1ccccc1Br)C(C#N)=C(N)O2. The Morgan fingerprint density at radius 1 is 1.42 bits per heavy atom. The highest BCUT2D eigenvalue weighted by atomic mass is 79.9. The maximum absolute atomic E-state index is 13.0. The summed E-state index contributed by atoms with van der Waals surface area (Å²) in [5.74, 6) is -0.0986. The predicted molar refractivity (Wildman–Crippen MR) is 94.6 cm³/mol. The molecule has 2 aromatic rings. The summed E-state index contributed by atoms with van der Waals surface area (Å²) in [7, 11) is 0. The third-order valence-electron chi connectivity index (χ3n) is 4.22. The monoisotopic (exact) mass is 385 g/mol. The van der Waals surface area contributed by atoms with Crippen LogP contribution in [0.2, 0.25) is 0 Å². The van der Waals surface area contributed by atoms with Crippen molar-refractivity contribution in [3.63, 3.8) is 0 Å². The number of nitrogens with two attached hydrogens (primary N) is 1. The number of nitrogens with zero attached hydrogens (tertiary/aromatic N) is 2. The van der Waals surface area contributed by atoms with Gasteiger partial charge in [-0.3, -0.25) is 4.79 Å². The van der Waals surface area contributed by atoms with Crippen LogP contribution in [0.3, 0.4) is 0 Å². The standard InChI is InChI=1S/C18H16BrN3O2/c1-3-22-10(2)8-14-16(18(22)23)15(12(9-20)17(21)24-14)11-6-4-5-7-13(11)19/h4-8,15H,3,21H2,1-2H3/t15-/m0/s1. The molecule has 0 saturated carbocycles. The number of aromatic nitrogens is 1. The zero-order chi connectivity index (χ0) is 17.4. The number of fused-ring (bicyclic) bond motifs is 1. The first-order valence-electron chi connectivity index (χ1n) is 7.55. The highest BCUT2D eigenvalue weighted by Crippen LogP contribution is 2.42. The van der Waals surface area contributed by atoms with Crippen molar-refractivity contribution in [1.29, 1.82) is 5.26 Å². The Kier molecular flexibility index (Phi) is 4.20. The van der Waals surface area contributed by atoms with Crippen molar-refractivity contribution in [3.05, 3.63) is 73.4 Å². The number of halogens is 1. The van der Waals surface area contributed by atoms with Gasteiger partial charge in [0.1, 0.15) is 17.4 Å². The highest BCUT2D eigenvalue weighted by molar-refractivity contribution is 9.10. The largest absolute Gasteiger partial charge is 0.440 e. The number of rotatable bonds is 2. The molecule has 2 N–H and O–H groups in total. The van der Waals surface area contributed by atoms with E-state index in [0.717, 1.165) is 15.7 Å². The molecule has 1 atom stereocenters. The minimum atomic E-state index is -0.555. The molecular weight excluding hydrogens is 370 g/mol. The normalized spacial score (nSPS) is 16.3. The lowest BCUT2D eigenvalue weighted by Crippen LogP contribution is -2.32. The van der Waals surface area contributed by atoms with Crippen molar-refractivity contribution in [1.82, 2.24) is 4.57 Å². The van der Waals surface area contributed by atoms with Crippen molar-refractivity contribution in [2.45, 2.75) is 26.3 Å². The summed E-state index contributed by atoms with van der Waals surface area (Å²) >= 11 is 3.51. The highest BCUT2D eigenvalue weighted by Gasteiger charge is 2.35. The van der Waals surface area contributed by atoms with Crippen LogP contribution >= 0.6 is 15.9 Å². The van der Waals surface area contributed by atoms with Gasteiger partial charge in [0.15, 0.2) is 0 Å². The molecule has 1 aliphatic rings. The van der Waals surface area contributed by atoms with E-state index in [2.05, 4.69) is 22.0 Å². The van der Waals surface area contributed by atoms with E-state index in [4.69, 9.17) is 10.5 Å². The summed E-state index contributed by atoms with van der Waals surface area (Å²) in [6, 6.07) is 11.4. The zero-order valence-electron chi connectivity index (χ0n) is 13.3. The fourth-order valence-electron chi connectivity index (χ4n) is 3.10. The quantitative estimate of drug-likeness (QED) is 0.860. The van der Waals surface area contributed by atoms with Crippen molar-refractivity contribution in [2.24, 2.45) is 5.73 Å². The van der Waals surface area contributed by atoms with E-state index in [9.17, 15) is 10.1 Å². The molecule has 0 bridgehead atoms. The van der Waals surface area contributed by atoms with Gasteiger partial charge in [0.25, 0.3) is 5.56 Å². The molecule has 5 nitrogen and oxygen atoms in total. The topological polar surface area (TPSA) is 81.0 Å². The fraction of sp³-hybridized carbons (Fsp3) is 0.222. The van der Waals surface area contributed by atoms with E-state index in [1.807, 2.05) is 38.1 Å². The molecule has 0 fully saturated rings. The van der Waals surface area contributed by atoms with Crippen molar-refractivity contribution >= 4 is 15.9 Å². The minimum absolute atomic E-state index is 0.0406. The Bertz CT molecular complexity index is 954. The maximum Gasteiger partial charge on any atom is 0.258 e. The van der Waals surface area contributed by atoms with Gasteiger partial charge in [-0.15, -0.1) is 0 Å². The zero-order valence-corrected chi connectivity index (χ0v) is 14.9. The summed E-state index contributed by atoms with van der Waals surface area (Å²) < 4.78 is 8.08. The fourth-order valence-corrected chi connectivity index (χ4v) is 3.61. The summed E-state index contributed by atoms with van der Waals surface area (Å²) in [5, 5.41) is 9.59. The molecule has 0 saturated heterocycles. The number of hydrogen-bond acceptors (Lipinski definition) is 4. The van der Waals surface area contributed by atoms with Gasteiger partial charge in [-0.1, -0.05) is 34.1 Å². The summed E-state index contributed by atoms with van der Waals surface area (Å²) in [5.41, 5.74) is 8.10.